The Labute approximate surface area is 83.6 Å². The van der Waals surface area contributed by atoms with E-state index in [-0.39, 0.29) is 17.9 Å². The third kappa shape index (κ3) is 2.04. The minimum atomic E-state index is -0.532. The fourth-order valence-corrected chi connectivity index (χ4v) is 1.65. The topological polar surface area (TPSA) is 75.4 Å². The van der Waals surface area contributed by atoms with Crippen LogP contribution in [-0.4, -0.2) is 41.9 Å². The Balaban J connectivity index is 2.74. The molecule has 5 nitrogen and oxygen atoms in total. The third-order valence-electron chi connectivity index (χ3n) is 2.39. The molecule has 14 heavy (non-hydrogen) atoms. The van der Waals surface area contributed by atoms with Crippen LogP contribution in [0.25, 0.3) is 0 Å². The molecule has 2 atom stereocenters. The van der Waals surface area contributed by atoms with Gasteiger partial charge in [-0.25, -0.2) is 0 Å². The van der Waals surface area contributed by atoms with Crippen LogP contribution in [0, 0.1) is 0 Å². The predicted octanol–water partition coefficient (Wildman–Crippen LogP) is -0.929. The van der Waals surface area contributed by atoms with Crippen LogP contribution in [-0.2, 0) is 9.59 Å². The molecule has 0 aromatic carbocycles. The summed E-state index contributed by atoms with van der Waals surface area (Å²) in [6, 6.07) is -0.878. The van der Waals surface area contributed by atoms with E-state index in [1.165, 1.54) is 0 Å². The largest absolute Gasteiger partial charge is 0.353 e. The number of nitrogens with zero attached hydrogens (tertiary/aromatic N) is 1. The molecule has 0 aliphatic carbocycles. The molecule has 1 saturated heterocycles. The third-order valence-corrected chi connectivity index (χ3v) is 2.39. The van der Waals surface area contributed by atoms with Crippen molar-refractivity contribution in [2.24, 2.45) is 5.73 Å². The van der Waals surface area contributed by atoms with Crippen LogP contribution in [0.3, 0.4) is 0 Å². The molecule has 0 bridgehead atoms. The lowest BCUT2D eigenvalue weighted by Crippen LogP contribution is -2.59. The van der Waals surface area contributed by atoms with Crippen LogP contribution in [0.15, 0.2) is 0 Å². The Morgan fingerprint density at radius 2 is 2.43 bits per heavy atom. The van der Waals surface area contributed by atoms with Gasteiger partial charge in [0.1, 0.15) is 6.04 Å². The van der Waals surface area contributed by atoms with Crippen molar-refractivity contribution < 1.29 is 9.59 Å². The van der Waals surface area contributed by atoms with Gasteiger partial charge in [-0.05, 0) is 13.3 Å². The van der Waals surface area contributed by atoms with E-state index in [9.17, 15) is 9.59 Å². The van der Waals surface area contributed by atoms with Gasteiger partial charge in [-0.15, -0.1) is 0 Å². The Morgan fingerprint density at radius 1 is 1.79 bits per heavy atom. The van der Waals surface area contributed by atoms with E-state index in [1.54, 1.807) is 11.8 Å². The second kappa shape index (κ2) is 4.41. The highest BCUT2D eigenvalue weighted by atomic mass is 16.2. The molecule has 0 aromatic heterocycles. The normalized spacial score (nSPS) is 24.4. The van der Waals surface area contributed by atoms with E-state index in [1.807, 2.05) is 6.92 Å². The summed E-state index contributed by atoms with van der Waals surface area (Å²) >= 11 is 0. The van der Waals surface area contributed by atoms with Crippen molar-refractivity contribution in [2.45, 2.75) is 32.4 Å². The maximum atomic E-state index is 11.6. The Kier molecular flexibility index (Phi) is 3.46. The first-order valence-electron chi connectivity index (χ1n) is 4.91. The lowest BCUT2D eigenvalue weighted by Gasteiger charge is -2.35. The number of nitrogens with two attached hydrogens (primary N) is 1. The number of rotatable bonds is 2. The number of nitrogens with one attached hydrogen (secondary N) is 1. The molecular formula is C9H17N3O2. The van der Waals surface area contributed by atoms with E-state index >= 15 is 0 Å². The van der Waals surface area contributed by atoms with E-state index in [0.717, 1.165) is 0 Å². The smallest absolute Gasteiger partial charge is 0.242 e. The zero-order chi connectivity index (χ0) is 10.7. The first-order valence-corrected chi connectivity index (χ1v) is 4.91. The van der Waals surface area contributed by atoms with Crippen molar-refractivity contribution in [3.8, 4) is 0 Å². The first kappa shape index (κ1) is 11.0. The van der Waals surface area contributed by atoms with Crippen LogP contribution in [0.4, 0.5) is 0 Å². The fraction of sp³-hybridized carbons (Fsp3) is 0.778. The Morgan fingerprint density at radius 3 is 2.93 bits per heavy atom. The Bertz CT molecular complexity index is 240. The van der Waals surface area contributed by atoms with E-state index in [0.29, 0.717) is 19.5 Å². The fourth-order valence-electron chi connectivity index (χ4n) is 1.65. The van der Waals surface area contributed by atoms with Crippen LogP contribution in [0.5, 0.6) is 0 Å². The van der Waals surface area contributed by atoms with Gasteiger partial charge in [-0.1, -0.05) is 6.92 Å². The van der Waals surface area contributed by atoms with Crippen LogP contribution in [0.1, 0.15) is 20.3 Å². The highest BCUT2D eigenvalue weighted by Crippen LogP contribution is 2.09. The molecule has 3 N–H and O–H groups in total. The maximum absolute atomic E-state index is 11.6. The predicted molar refractivity (Wildman–Crippen MR) is 52.5 cm³/mol. The molecule has 2 amide bonds. The molecule has 1 aliphatic rings. The molecule has 0 saturated carbocycles. The lowest BCUT2D eigenvalue weighted by molar-refractivity contribution is -0.144. The monoisotopic (exact) mass is 199 g/mol. The summed E-state index contributed by atoms with van der Waals surface area (Å²) in [6.45, 7) is 4.61. The zero-order valence-corrected chi connectivity index (χ0v) is 8.62. The molecule has 5 heteroatoms. The van der Waals surface area contributed by atoms with Crippen molar-refractivity contribution in [2.75, 3.05) is 13.1 Å². The van der Waals surface area contributed by atoms with Crippen LogP contribution >= 0.6 is 0 Å². The highest BCUT2D eigenvalue weighted by Gasteiger charge is 2.32. The Hall–Kier alpha value is -1.10. The van der Waals surface area contributed by atoms with Gasteiger partial charge in [-0.3, -0.25) is 9.59 Å². The van der Waals surface area contributed by atoms with Gasteiger partial charge in [0.15, 0.2) is 0 Å². The first-order chi connectivity index (χ1) is 6.57. The molecule has 80 valence electrons. The van der Waals surface area contributed by atoms with Crippen molar-refractivity contribution in [1.29, 1.82) is 0 Å². The van der Waals surface area contributed by atoms with E-state index in [4.69, 9.17) is 5.73 Å². The molecule has 2 unspecified atom stereocenters. The van der Waals surface area contributed by atoms with E-state index < -0.39 is 6.04 Å². The van der Waals surface area contributed by atoms with Gasteiger partial charge in [-0.2, -0.15) is 0 Å². The number of piperazine rings is 1. The summed E-state index contributed by atoms with van der Waals surface area (Å²) in [5.74, 6) is -0.223. The molecule has 1 rings (SSSR count). The minimum absolute atomic E-state index is 0.0762. The van der Waals surface area contributed by atoms with Gasteiger partial charge in [0.2, 0.25) is 11.8 Å². The van der Waals surface area contributed by atoms with Crippen molar-refractivity contribution >= 4 is 11.8 Å². The molecule has 0 aromatic rings. The highest BCUT2D eigenvalue weighted by molar-refractivity contribution is 5.90. The number of hydrogen-bond acceptors (Lipinski definition) is 3. The summed E-state index contributed by atoms with van der Waals surface area (Å²) < 4.78 is 0. The number of carbonyl (C=O) groups excluding carboxylic acids is 2. The number of amides is 2. The van der Waals surface area contributed by atoms with Crippen LogP contribution < -0.4 is 11.1 Å². The van der Waals surface area contributed by atoms with Gasteiger partial charge < -0.3 is 16.0 Å². The lowest BCUT2D eigenvalue weighted by atomic mass is 10.1. The van der Waals surface area contributed by atoms with Crippen LogP contribution in [0.2, 0.25) is 0 Å². The minimum Gasteiger partial charge on any atom is -0.353 e. The van der Waals surface area contributed by atoms with Gasteiger partial charge in [0.25, 0.3) is 0 Å². The van der Waals surface area contributed by atoms with Gasteiger partial charge in [0, 0.05) is 13.1 Å². The summed E-state index contributed by atoms with van der Waals surface area (Å²) in [4.78, 5) is 24.6. The number of hydrogen-bond donors (Lipinski definition) is 2. The summed E-state index contributed by atoms with van der Waals surface area (Å²) in [5, 5.41) is 2.73. The second-order valence-electron chi connectivity index (χ2n) is 3.54. The van der Waals surface area contributed by atoms with Crippen molar-refractivity contribution in [3.05, 3.63) is 0 Å². The van der Waals surface area contributed by atoms with Crippen molar-refractivity contribution in [1.82, 2.24) is 10.2 Å². The summed E-state index contributed by atoms with van der Waals surface area (Å²) in [7, 11) is 0. The summed E-state index contributed by atoms with van der Waals surface area (Å²) in [6.07, 6.45) is 0.629. The average molecular weight is 199 g/mol. The van der Waals surface area contributed by atoms with E-state index in [2.05, 4.69) is 5.32 Å². The molecule has 0 spiro atoms. The number of carbonyl (C=O) groups is 2. The standard InChI is InChI=1S/C9H17N3O2/c1-3-7-8(13)11-4-5-12(7)9(14)6(2)10/h6-7H,3-5,10H2,1-2H3,(H,11,13). The molecule has 0 radical (unpaired) electrons. The molecular weight excluding hydrogens is 182 g/mol. The zero-order valence-electron chi connectivity index (χ0n) is 8.62. The SMILES string of the molecule is CCC1C(=O)NCCN1C(=O)C(C)N. The maximum Gasteiger partial charge on any atom is 0.242 e. The second-order valence-corrected chi connectivity index (χ2v) is 3.54. The molecule has 1 aliphatic heterocycles. The quantitative estimate of drug-likeness (QED) is 0.603. The summed E-state index contributed by atoms with van der Waals surface area (Å²) in [5.41, 5.74) is 5.51. The van der Waals surface area contributed by atoms with Crippen molar-refractivity contribution in [3.63, 3.8) is 0 Å². The average Bonchev–Trinajstić information content (AvgIpc) is 2.16. The van der Waals surface area contributed by atoms with Gasteiger partial charge >= 0.3 is 0 Å². The molecule has 1 fully saturated rings. The molecule has 1 heterocycles. The van der Waals surface area contributed by atoms with Gasteiger partial charge in [0.05, 0.1) is 6.04 Å².